The Morgan fingerprint density at radius 3 is 2.66 bits per heavy atom. The molecule has 0 aromatic carbocycles. The number of rotatable bonds is 8. The average molecular weight is 396 g/mol. The molecular weight excluding hydrogens is 368 g/mol. The van der Waals surface area contributed by atoms with Crippen LogP contribution < -0.4 is 0 Å². The number of amides is 1. The lowest BCUT2D eigenvalue weighted by Crippen LogP contribution is -2.30. The number of nitrogens with zero attached hydrogens (tertiary/aromatic N) is 6. The van der Waals surface area contributed by atoms with Crippen LogP contribution >= 0.6 is 0 Å². The molecule has 3 rings (SSSR count). The van der Waals surface area contributed by atoms with Crippen molar-refractivity contribution in [1.82, 2.24) is 29.5 Å². The SMILES string of the molecule is CC(C)c1c(C(=O)N(C)CCCN(C)C)cnn1-c1nccc(-c2ccco2)n1. The predicted molar refractivity (Wildman–Crippen MR) is 111 cm³/mol. The topological polar surface area (TPSA) is 80.3 Å². The van der Waals surface area contributed by atoms with Crippen LogP contribution in [0.25, 0.3) is 17.4 Å². The summed E-state index contributed by atoms with van der Waals surface area (Å²) in [4.78, 5) is 25.9. The van der Waals surface area contributed by atoms with Gasteiger partial charge in [0.15, 0.2) is 5.76 Å². The molecule has 0 radical (unpaired) electrons. The summed E-state index contributed by atoms with van der Waals surface area (Å²) in [6, 6.07) is 5.44. The van der Waals surface area contributed by atoms with E-state index in [-0.39, 0.29) is 11.8 Å². The van der Waals surface area contributed by atoms with E-state index < -0.39 is 0 Å². The van der Waals surface area contributed by atoms with Crippen molar-refractivity contribution < 1.29 is 9.21 Å². The fourth-order valence-electron chi connectivity index (χ4n) is 3.18. The van der Waals surface area contributed by atoms with E-state index in [1.807, 2.05) is 47.1 Å². The highest BCUT2D eigenvalue weighted by Gasteiger charge is 2.24. The van der Waals surface area contributed by atoms with Gasteiger partial charge in [0.25, 0.3) is 11.9 Å². The third kappa shape index (κ3) is 4.71. The first-order valence-electron chi connectivity index (χ1n) is 9.74. The Hall–Kier alpha value is -3.00. The van der Waals surface area contributed by atoms with Gasteiger partial charge in [0.2, 0.25) is 0 Å². The summed E-state index contributed by atoms with van der Waals surface area (Å²) < 4.78 is 7.08. The average Bonchev–Trinajstić information content (AvgIpc) is 3.37. The molecule has 0 fully saturated rings. The summed E-state index contributed by atoms with van der Waals surface area (Å²) in [5, 5.41) is 4.45. The molecule has 154 valence electrons. The Bertz CT molecular complexity index is 946. The molecule has 0 aliphatic heterocycles. The van der Waals surface area contributed by atoms with Gasteiger partial charge in [-0.2, -0.15) is 5.10 Å². The largest absolute Gasteiger partial charge is 0.463 e. The van der Waals surface area contributed by atoms with Crippen molar-refractivity contribution in [3.8, 4) is 17.4 Å². The molecule has 0 saturated heterocycles. The Kier molecular flexibility index (Phi) is 6.43. The molecule has 3 aromatic rings. The van der Waals surface area contributed by atoms with Gasteiger partial charge < -0.3 is 14.2 Å². The number of carbonyl (C=O) groups is 1. The maximum Gasteiger partial charge on any atom is 0.257 e. The first-order valence-corrected chi connectivity index (χ1v) is 9.74. The maximum absolute atomic E-state index is 13.0. The molecule has 0 unspecified atom stereocenters. The van der Waals surface area contributed by atoms with Gasteiger partial charge in [-0.1, -0.05) is 13.8 Å². The molecule has 0 atom stereocenters. The zero-order valence-electron chi connectivity index (χ0n) is 17.7. The van der Waals surface area contributed by atoms with Gasteiger partial charge in [-0.25, -0.2) is 14.6 Å². The Morgan fingerprint density at radius 1 is 1.21 bits per heavy atom. The van der Waals surface area contributed by atoms with E-state index in [2.05, 4.69) is 20.0 Å². The third-order valence-electron chi connectivity index (χ3n) is 4.64. The molecule has 0 aliphatic rings. The Labute approximate surface area is 171 Å². The van der Waals surface area contributed by atoms with Crippen LogP contribution in [0.4, 0.5) is 0 Å². The third-order valence-corrected chi connectivity index (χ3v) is 4.64. The van der Waals surface area contributed by atoms with Gasteiger partial charge in [-0.05, 0) is 51.2 Å². The van der Waals surface area contributed by atoms with Crippen molar-refractivity contribution in [1.29, 1.82) is 0 Å². The molecule has 8 nitrogen and oxygen atoms in total. The maximum atomic E-state index is 13.0. The van der Waals surface area contributed by atoms with Gasteiger partial charge in [0.1, 0.15) is 5.69 Å². The van der Waals surface area contributed by atoms with Gasteiger partial charge >= 0.3 is 0 Å². The minimum absolute atomic E-state index is 0.0408. The van der Waals surface area contributed by atoms with Crippen LogP contribution in [0.3, 0.4) is 0 Å². The standard InChI is InChI=1S/C21H28N6O2/c1-15(2)19-16(20(28)26(5)12-7-11-25(3)4)14-23-27(19)21-22-10-9-17(24-21)18-8-6-13-29-18/h6,8-10,13-15H,7,11-12H2,1-5H3. The van der Waals surface area contributed by atoms with Crippen LogP contribution in [0.1, 0.15) is 42.2 Å². The fraction of sp³-hybridized carbons (Fsp3) is 0.429. The van der Waals surface area contributed by atoms with Crippen molar-refractivity contribution >= 4 is 5.91 Å². The molecule has 8 heteroatoms. The van der Waals surface area contributed by atoms with E-state index in [1.165, 1.54) is 0 Å². The van der Waals surface area contributed by atoms with Gasteiger partial charge in [0, 0.05) is 19.8 Å². The summed E-state index contributed by atoms with van der Waals surface area (Å²) in [7, 11) is 5.88. The van der Waals surface area contributed by atoms with Crippen molar-refractivity contribution in [2.45, 2.75) is 26.2 Å². The van der Waals surface area contributed by atoms with Gasteiger partial charge in [-0.15, -0.1) is 0 Å². The van der Waals surface area contributed by atoms with E-state index >= 15 is 0 Å². The van der Waals surface area contributed by atoms with Crippen LogP contribution in [0.5, 0.6) is 0 Å². The second-order valence-corrected chi connectivity index (χ2v) is 7.61. The van der Waals surface area contributed by atoms with Crippen LogP contribution in [0, 0.1) is 0 Å². The summed E-state index contributed by atoms with van der Waals surface area (Å²) >= 11 is 0. The smallest absolute Gasteiger partial charge is 0.257 e. The van der Waals surface area contributed by atoms with Crippen LogP contribution in [0.15, 0.2) is 41.3 Å². The van der Waals surface area contributed by atoms with E-state index in [9.17, 15) is 4.79 Å². The fourth-order valence-corrected chi connectivity index (χ4v) is 3.18. The monoisotopic (exact) mass is 396 g/mol. The number of hydrogen-bond donors (Lipinski definition) is 0. The number of furan rings is 1. The molecule has 3 heterocycles. The van der Waals surface area contributed by atoms with E-state index in [1.54, 1.807) is 34.3 Å². The number of hydrogen-bond acceptors (Lipinski definition) is 6. The summed E-state index contributed by atoms with van der Waals surface area (Å²) in [5.74, 6) is 1.10. The quantitative estimate of drug-likeness (QED) is 0.582. The minimum atomic E-state index is -0.0408. The number of aromatic nitrogens is 4. The molecule has 0 N–H and O–H groups in total. The normalized spacial score (nSPS) is 11.4. The van der Waals surface area contributed by atoms with Crippen LogP contribution in [0.2, 0.25) is 0 Å². The zero-order chi connectivity index (χ0) is 21.0. The molecule has 1 amide bonds. The van der Waals surface area contributed by atoms with Gasteiger partial charge in [-0.3, -0.25) is 4.79 Å². The highest BCUT2D eigenvalue weighted by atomic mass is 16.3. The Morgan fingerprint density at radius 2 is 2.00 bits per heavy atom. The first kappa shape index (κ1) is 20.7. The Balaban J connectivity index is 1.90. The molecule has 29 heavy (non-hydrogen) atoms. The first-order chi connectivity index (χ1) is 13.9. The van der Waals surface area contributed by atoms with Gasteiger partial charge in [0.05, 0.1) is 23.7 Å². The number of carbonyl (C=O) groups excluding carboxylic acids is 1. The highest BCUT2D eigenvalue weighted by Crippen LogP contribution is 2.24. The minimum Gasteiger partial charge on any atom is -0.463 e. The lowest BCUT2D eigenvalue weighted by atomic mass is 10.1. The molecule has 3 aromatic heterocycles. The van der Waals surface area contributed by atoms with Crippen molar-refractivity contribution in [2.75, 3.05) is 34.2 Å². The van der Waals surface area contributed by atoms with Crippen molar-refractivity contribution in [3.05, 3.63) is 48.1 Å². The summed E-state index contributed by atoms with van der Waals surface area (Å²) in [6.45, 7) is 5.69. The van der Waals surface area contributed by atoms with Crippen LogP contribution in [-0.4, -0.2) is 69.7 Å². The van der Waals surface area contributed by atoms with E-state index in [4.69, 9.17) is 4.42 Å². The second kappa shape index (κ2) is 9.00. The molecule has 0 aliphatic carbocycles. The summed E-state index contributed by atoms with van der Waals surface area (Å²) in [5.41, 5.74) is 2.05. The second-order valence-electron chi connectivity index (χ2n) is 7.61. The molecule has 0 spiro atoms. The van der Waals surface area contributed by atoms with Crippen molar-refractivity contribution in [3.63, 3.8) is 0 Å². The molecular formula is C21H28N6O2. The lowest BCUT2D eigenvalue weighted by Gasteiger charge is -2.19. The molecule has 0 saturated carbocycles. The zero-order valence-corrected chi connectivity index (χ0v) is 17.7. The van der Waals surface area contributed by atoms with E-state index in [0.29, 0.717) is 29.5 Å². The van der Waals surface area contributed by atoms with E-state index in [0.717, 1.165) is 18.7 Å². The van der Waals surface area contributed by atoms with Crippen molar-refractivity contribution in [2.24, 2.45) is 0 Å². The predicted octanol–water partition coefficient (Wildman–Crippen LogP) is 3.07. The highest BCUT2D eigenvalue weighted by molar-refractivity contribution is 5.95. The van der Waals surface area contributed by atoms with Crippen LogP contribution in [-0.2, 0) is 0 Å². The molecule has 0 bridgehead atoms. The lowest BCUT2D eigenvalue weighted by molar-refractivity contribution is 0.0789. The summed E-state index contributed by atoms with van der Waals surface area (Å²) in [6.07, 6.45) is 5.80.